The second-order valence-electron chi connectivity index (χ2n) is 7.55. The molecule has 20 heavy (non-hydrogen) atoms. The van der Waals surface area contributed by atoms with Gasteiger partial charge in [0.25, 0.3) is 0 Å². The first-order chi connectivity index (χ1) is 9.59. The van der Waals surface area contributed by atoms with Crippen LogP contribution in [-0.4, -0.2) is 21.5 Å². The summed E-state index contributed by atoms with van der Waals surface area (Å²) in [6.07, 6.45) is 10.4. The van der Waals surface area contributed by atoms with Gasteiger partial charge in [-0.2, -0.15) is 5.10 Å². The molecule has 0 spiro atoms. The first-order valence-electron chi connectivity index (χ1n) is 8.03. The van der Waals surface area contributed by atoms with E-state index in [0.29, 0.717) is 0 Å². The van der Waals surface area contributed by atoms with E-state index in [1.54, 1.807) is 0 Å². The molecule has 0 saturated heterocycles. The van der Waals surface area contributed by atoms with Crippen molar-refractivity contribution in [3.05, 3.63) is 17.5 Å². The minimum absolute atomic E-state index is 0.00654. The average molecular weight is 275 g/mol. The molecule has 3 N–H and O–H groups in total. The largest absolute Gasteiger partial charge is 0.394 e. The zero-order valence-electron chi connectivity index (χ0n) is 12.3. The van der Waals surface area contributed by atoms with Gasteiger partial charge in [-0.3, -0.25) is 4.68 Å². The van der Waals surface area contributed by atoms with Gasteiger partial charge < -0.3 is 10.8 Å². The maximum Gasteiger partial charge on any atom is 0.0642 e. The van der Waals surface area contributed by atoms with E-state index in [9.17, 15) is 5.11 Å². The number of aromatic nitrogens is 2. The average Bonchev–Trinajstić information content (AvgIpc) is 2.79. The summed E-state index contributed by atoms with van der Waals surface area (Å²) in [4.78, 5) is 0. The Hall–Kier alpha value is -0.870. The molecule has 1 aromatic rings. The Bertz CT molecular complexity index is 487. The summed E-state index contributed by atoms with van der Waals surface area (Å²) in [5, 5.41) is 14.1. The summed E-state index contributed by atoms with van der Waals surface area (Å²) in [6.45, 7) is 2.01. The van der Waals surface area contributed by atoms with Crippen molar-refractivity contribution in [3.63, 3.8) is 0 Å². The van der Waals surface area contributed by atoms with Crippen molar-refractivity contribution in [3.8, 4) is 0 Å². The first-order valence-corrected chi connectivity index (χ1v) is 8.03. The van der Waals surface area contributed by atoms with Gasteiger partial charge in [0.1, 0.15) is 0 Å². The van der Waals surface area contributed by atoms with Gasteiger partial charge in [0.2, 0.25) is 0 Å². The predicted molar refractivity (Wildman–Crippen MR) is 77.1 cm³/mol. The van der Waals surface area contributed by atoms with Gasteiger partial charge in [0.15, 0.2) is 0 Å². The van der Waals surface area contributed by atoms with Crippen LogP contribution in [0.25, 0.3) is 0 Å². The smallest absolute Gasteiger partial charge is 0.0642 e. The van der Waals surface area contributed by atoms with Crippen LogP contribution in [0.4, 0.5) is 0 Å². The molecule has 4 heteroatoms. The van der Waals surface area contributed by atoms with E-state index in [0.717, 1.165) is 29.0 Å². The molecule has 0 amide bonds. The second kappa shape index (κ2) is 4.31. The summed E-state index contributed by atoms with van der Waals surface area (Å²) in [5.74, 6) is 2.75. The van der Waals surface area contributed by atoms with Gasteiger partial charge in [-0.25, -0.2) is 0 Å². The summed E-state index contributed by atoms with van der Waals surface area (Å²) in [5.41, 5.74) is 8.26. The van der Waals surface area contributed by atoms with Gasteiger partial charge in [-0.15, -0.1) is 0 Å². The molecule has 4 bridgehead atoms. The summed E-state index contributed by atoms with van der Waals surface area (Å²) in [6, 6.07) is -0.294. The molecule has 4 aliphatic rings. The van der Waals surface area contributed by atoms with Gasteiger partial charge >= 0.3 is 0 Å². The predicted octanol–water partition coefficient (Wildman–Crippen LogP) is 2.11. The van der Waals surface area contributed by atoms with Crippen LogP contribution in [0.5, 0.6) is 0 Å². The van der Waals surface area contributed by atoms with E-state index in [2.05, 4.69) is 10.9 Å². The zero-order valence-corrected chi connectivity index (χ0v) is 12.3. The third-order valence-electron chi connectivity index (χ3n) is 6.02. The number of nitrogens with two attached hydrogens (primary N) is 1. The van der Waals surface area contributed by atoms with E-state index in [1.165, 1.54) is 38.5 Å². The van der Waals surface area contributed by atoms with Crippen molar-refractivity contribution in [2.24, 2.45) is 23.5 Å². The van der Waals surface area contributed by atoms with E-state index >= 15 is 0 Å². The van der Waals surface area contributed by atoms with Crippen LogP contribution in [0, 0.1) is 24.7 Å². The lowest BCUT2D eigenvalue weighted by atomic mass is 9.53. The highest BCUT2D eigenvalue weighted by molar-refractivity contribution is 5.21. The molecule has 1 atom stereocenters. The van der Waals surface area contributed by atoms with Crippen LogP contribution >= 0.6 is 0 Å². The molecule has 1 heterocycles. The fourth-order valence-corrected chi connectivity index (χ4v) is 5.52. The monoisotopic (exact) mass is 275 g/mol. The molecule has 4 nitrogen and oxygen atoms in total. The molecule has 110 valence electrons. The number of aryl methyl sites for hydroxylation is 1. The Morgan fingerprint density at radius 2 is 1.85 bits per heavy atom. The minimum atomic E-state index is -0.294. The van der Waals surface area contributed by atoms with Crippen molar-refractivity contribution >= 4 is 0 Å². The molecule has 0 aromatic carbocycles. The van der Waals surface area contributed by atoms with Crippen molar-refractivity contribution < 1.29 is 5.11 Å². The van der Waals surface area contributed by atoms with E-state index in [1.807, 2.05) is 6.92 Å². The summed E-state index contributed by atoms with van der Waals surface area (Å²) < 4.78 is 2.23. The van der Waals surface area contributed by atoms with Gasteiger partial charge in [-0.05, 0) is 63.2 Å². The second-order valence-corrected chi connectivity index (χ2v) is 7.55. The van der Waals surface area contributed by atoms with Crippen LogP contribution in [0.2, 0.25) is 0 Å². The number of nitrogens with zero attached hydrogens (tertiary/aromatic N) is 2. The van der Waals surface area contributed by atoms with E-state index in [-0.39, 0.29) is 18.2 Å². The Morgan fingerprint density at radius 1 is 1.30 bits per heavy atom. The van der Waals surface area contributed by atoms with Crippen molar-refractivity contribution in [2.45, 2.75) is 57.0 Å². The first kappa shape index (κ1) is 12.8. The van der Waals surface area contributed by atoms with Crippen LogP contribution in [0.15, 0.2) is 6.20 Å². The van der Waals surface area contributed by atoms with E-state index in [4.69, 9.17) is 10.8 Å². The highest BCUT2D eigenvalue weighted by atomic mass is 16.3. The van der Waals surface area contributed by atoms with Crippen LogP contribution in [-0.2, 0) is 5.54 Å². The third-order valence-corrected chi connectivity index (χ3v) is 6.02. The molecule has 1 unspecified atom stereocenters. The Balaban J connectivity index is 1.70. The van der Waals surface area contributed by atoms with Crippen LogP contribution in [0.1, 0.15) is 55.8 Å². The lowest BCUT2D eigenvalue weighted by Gasteiger charge is -2.56. The fraction of sp³-hybridized carbons (Fsp3) is 0.812. The third kappa shape index (κ3) is 1.77. The maximum absolute atomic E-state index is 9.29. The molecule has 1 aromatic heterocycles. The standard InChI is InChI=1S/C16H25N3O/c1-10-14(15(17)9-20)8-19(18-10)16-5-11-2-12(6-16)4-13(3-11)7-16/h8,11-13,15,20H,2-7,9,17H2,1H3. The number of aliphatic hydroxyl groups excluding tert-OH is 1. The summed E-state index contributed by atoms with van der Waals surface area (Å²) in [7, 11) is 0. The van der Waals surface area contributed by atoms with Crippen molar-refractivity contribution in [1.82, 2.24) is 9.78 Å². The summed E-state index contributed by atoms with van der Waals surface area (Å²) >= 11 is 0. The number of aliphatic hydroxyl groups is 1. The minimum Gasteiger partial charge on any atom is -0.394 e. The quantitative estimate of drug-likeness (QED) is 0.888. The van der Waals surface area contributed by atoms with Gasteiger partial charge in [0.05, 0.1) is 23.9 Å². The van der Waals surface area contributed by atoms with Gasteiger partial charge in [-0.1, -0.05) is 0 Å². The molecule has 0 radical (unpaired) electrons. The molecular formula is C16H25N3O. The van der Waals surface area contributed by atoms with Crippen molar-refractivity contribution in [2.75, 3.05) is 6.61 Å². The lowest BCUT2D eigenvalue weighted by Crippen LogP contribution is -2.52. The normalized spacial score (nSPS) is 40.2. The highest BCUT2D eigenvalue weighted by Gasteiger charge is 2.52. The topological polar surface area (TPSA) is 64.1 Å². The number of rotatable bonds is 3. The molecule has 0 aliphatic heterocycles. The van der Waals surface area contributed by atoms with Crippen LogP contribution in [0.3, 0.4) is 0 Å². The zero-order chi connectivity index (χ0) is 13.9. The highest BCUT2D eigenvalue weighted by Crippen LogP contribution is 2.58. The molecule has 5 rings (SSSR count). The number of hydrogen-bond acceptors (Lipinski definition) is 3. The number of hydrogen-bond donors (Lipinski definition) is 2. The van der Waals surface area contributed by atoms with Gasteiger partial charge in [0, 0.05) is 11.8 Å². The molecule has 4 saturated carbocycles. The van der Waals surface area contributed by atoms with Crippen molar-refractivity contribution in [1.29, 1.82) is 0 Å². The molecule has 4 fully saturated rings. The maximum atomic E-state index is 9.29. The molecular weight excluding hydrogens is 250 g/mol. The fourth-order valence-electron chi connectivity index (χ4n) is 5.52. The molecule has 4 aliphatic carbocycles. The van der Waals surface area contributed by atoms with E-state index < -0.39 is 0 Å². The Labute approximate surface area is 120 Å². The SMILES string of the molecule is Cc1nn(C23CC4CC(CC(C4)C2)C3)cc1C(N)CO. The lowest BCUT2D eigenvalue weighted by molar-refractivity contribution is -0.0495. The Morgan fingerprint density at radius 3 is 2.35 bits per heavy atom. The van der Waals surface area contributed by atoms with Crippen LogP contribution < -0.4 is 5.73 Å². The Kier molecular flexibility index (Phi) is 2.77.